The maximum atomic E-state index is 10.3. The normalized spacial score (nSPS) is 8.62. The van der Waals surface area contributed by atoms with Crippen LogP contribution in [0, 0.1) is 3.57 Å². The Labute approximate surface area is 111 Å². The van der Waals surface area contributed by atoms with Gasteiger partial charge in [-0.05, 0) is 41.1 Å². The van der Waals surface area contributed by atoms with Crippen molar-refractivity contribution in [2.45, 2.75) is 19.8 Å². The van der Waals surface area contributed by atoms with Crippen LogP contribution in [0.2, 0.25) is 0 Å². The van der Waals surface area contributed by atoms with Gasteiger partial charge in [-0.25, -0.2) is 4.79 Å². The number of carbonyl (C=O) groups is 1. The number of halogens is 1. The lowest BCUT2D eigenvalue weighted by atomic mass is 10.4. The molecule has 0 bridgehead atoms. The Hall–Kier alpha value is -0.840. The van der Waals surface area contributed by atoms with E-state index in [4.69, 9.17) is 0 Å². The van der Waals surface area contributed by atoms with Gasteiger partial charge >= 0.3 is 5.97 Å². The molecule has 0 unspecified atom stereocenters. The second-order valence-corrected chi connectivity index (χ2v) is 4.27. The van der Waals surface area contributed by atoms with Crippen molar-refractivity contribution in [1.29, 1.82) is 0 Å². The lowest BCUT2D eigenvalue weighted by molar-refractivity contribution is -0.137. The Morgan fingerprint density at radius 2 is 2.06 bits per heavy atom. The minimum Gasteiger partial charge on any atom is -0.463 e. The summed E-state index contributed by atoms with van der Waals surface area (Å²) in [6.45, 7) is 5.82. The van der Waals surface area contributed by atoms with Crippen molar-refractivity contribution in [3.05, 3.63) is 46.6 Å². The number of unbranched alkanes of at least 4 members (excludes halogenated alkanes) is 1. The lowest BCUT2D eigenvalue weighted by Crippen LogP contribution is -2.00. The van der Waals surface area contributed by atoms with Gasteiger partial charge in [-0.1, -0.05) is 38.1 Å². The maximum absolute atomic E-state index is 10.3. The van der Waals surface area contributed by atoms with Crippen LogP contribution in [0.25, 0.3) is 0 Å². The molecule has 0 atom stereocenters. The van der Waals surface area contributed by atoms with Gasteiger partial charge in [0.05, 0.1) is 6.61 Å². The molecule has 0 aliphatic rings. The molecule has 16 heavy (non-hydrogen) atoms. The van der Waals surface area contributed by atoms with Gasteiger partial charge in [-0.3, -0.25) is 0 Å². The van der Waals surface area contributed by atoms with Gasteiger partial charge in [0.1, 0.15) is 0 Å². The number of esters is 1. The predicted molar refractivity (Wildman–Crippen MR) is 75.2 cm³/mol. The van der Waals surface area contributed by atoms with E-state index >= 15 is 0 Å². The van der Waals surface area contributed by atoms with Gasteiger partial charge in [0.15, 0.2) is 0 Å². The molecule has 0 aliphatic carbocycles. The number of hydrogen-bond acceptors (Lipinski definition) is 2. The first-order valence-corrected chi connectivity index (χ1v) is 6.28. The zero-order valence-corrected chi connectivity index (χ0v) is 11.6. The molecule has 1 aromatic carbocycles. The molecule has 0 aromatic heterocycles. The van der Waals surface area contributed by atoms with Crippen LogP contribution in [0.5, 0.6) is 0 Å². The fourth-order valence-electron chi connectivity index (χ4n) is 0.791. The van der Waals surface area contributed by atoms with Gasteiger partial charge in [0.2, 0.25) is 0 Å². The fourth-order valence-corrected chi connectivity index (χ4v) is 1.21. The van der Waals surface area contributed by atoms with Crippen LogP contribution < -0.4 is 0 Å². The molecule has 88 valence electrons. The number of ether oxygens (including phenoxy) is 1. The Morgan fingerprint density at radius 1 is 1.44 bits per heavy atom. The van der Waals surface area contributed by atoms with Crippen LogP contribution in [0.3, 0.4) is 0 Å². The summed E-state index contributed by atoms with van der Waals surface area (Å²) in [5.41, 5.74) is 0. The second-order valence-electron chi connectivity index (χ2n) is 3.02. The Bertz CT molecular complexity index is 296. The van der Waals surface area contributed by atoms with E-state index in [1.54, 1.807) is 0 Å². The Morgan fingerprint density at radius 3 is 2.44 bits per heavy atom. The first kappa shape index (κ1) is 15.2. The van der Waals surface area contributed by atoms with Gasteiger partial charge in [-0.2, -0.15) is 0 Å². The van der Waals surface area contributed by atoms with Crippen molar-refractivity contribution in [2.24, 2.45) is 0 Å². The number of hydrogen-bond donors (Lipinski definition) is 0. The highest BCUT2D eigenvalue weighted by Crippen LogP contribution is 1.99. The minimum absolute atomic E-state index is 0.330. The summed E-state index contributed by atoms with van der Waals surface area (Å²) in [6, 6.07) is 10.2. The molecule has 0 spiro atoms. The summed E-state index contributed by atoms with van der Waals surface area (Å²) < 4.78 is 5.97. The highest BCUT2D eigenvalue weighted by molar-refractivity contribution is 14.1. The first-order chi connectivity index (χ1) is 7.70. The van der Waals surface area contributed by atoms with Crippen LogP contribution in [-0.4, -0.2) is 12.6 Å². The lowest BCUT2D eigenvalue weighted by Gasteiger charge is -1.97. The van der Waals surface area contributed by atoms with Crippen molar-refractivity contribution in [3.63, 3.8) is 0 Å². The Balaban J connectivity index is 0.000000288. The third kappa shape index (κ3) is 9.71. The van der Waals surface area contributed by atoms with E-state index in [-0.39, 0.29) is 5.97 Å². The van der Waals surface area contributed by atoms with E-state index in [9.17, 15) is 4.79 Å². The summed E-state index contributed by atoms with van der Waals surface area (Å²) in [5, 5.41) is 0. The highest BCUT2D eigenvalue weighted by Gasteiger charge is 1.91. The molecule has 0 fully saturated rings. The van der Waals surface area contributed by atoms with E-state index in [0.29, 0.717) is 6.61 Å². The molecule has 0 aliphatic heterocycles. The van der Waals surface area contributed by atoms with Gasteiger partial charge in [0.25, 0.3) is 0 Å². The zero-order valence-electron chi connectivity index (χ0n) is 9.49. The van der Waals surface area contributed by atoms with Crippen LogP contribution >= 0.6 is 22.6 Å². The minimum atomic E-state index is -0.330. The van der Waals surface area contributed by atoms with Crippen molar-refractivity contribution < 1.29 is 9.53 Å². The van der Waals surface area contributed by atoms with Crippen LogP contribution in [0.1, 0.15) is 19.8 Å². The molecule has 1 aromatic rings. The SMILES string of the molecule is C=CC(=O)OCCCC.Ic1ccccc1. The summed E-state index contributed by atoms with van der Waals surface area (Å²) in [5.74, 6) is -0.330. The summed E-state index contributed by atoms with van der Waals surface area (Å²) >= 11 is 2.28. The standard InChI is InChI=1S/C7H12O2.C6H5I/c1-3-5-6-9-7(8)4-2;7-6-4-2-1-3-5-6/h4H,2-3,5-6H2,1H3;1-5H. The highest BCUT2D eigenvalue weighted by atomic mass is 127. The fraction of sp³-hybridized carbons (Fsp3) is 0.308. The predicted octanol–water partition coefficient (Wildman–Crippen LogP) is 3.81. The number of carbonyl (C=O) groups excluding carboxylic acids is 1. The first-order valence-electron chi connectivity index (χ1n) is 5.20. The summed E-state index contributed by atoms with van der Waals surface area (Å²) in [6.07, 6.45) is 3.15. The number of benzene rings is 1. The van der Waals surface area contributed by atoms with Crippen LogP contribution in [0.4, 0.5) is 0 Å². The molecule has 1 rings (SSSR count). The quantitative estimate of drug-likeness (QED) is 0.363. The average Bonchev–Trinajstić information content (AvgIpc) is 2.31. The molecule has 0 heterocycles. The molecule has 0 saturated carbocycles. The van der Waals surface area contributed by atoms with Gasteiger partial charge in [0, 0.05) is 9.65 Å². The second kappa shape index (κ2) is 10.7. The van der Waals surface area contributed by atoms with Crippen LogP contribution in [0.15, 0.2) is 43.0 Å². The maximum Gasteiger partial charge on any atom is 0.330 e. The van der Waals surface area contributed by atoms with E-state index in [1.807, 2.05) is 25.1 Å². The molecular weight excluding hydrogens is 315 g/mol. The molecule has 0 amide bonds. The van der Waals surface area contributed by atoms with Crippen LogP contribution in [-0.2, 0) is 9.53 Å². The monoisotopic (exact) mass is 332 g/mol. The molecule has 3 heteroatoms. The topological polar surface area (TPSA) is 26.3 Å². The van der Waals surface area contributed by atoms with Gasteiger partial charge < -0.3 is 4.74 Å². The van der Waals surface area contributed by atoms with E-state index in [1.165, 1.54) is 9.65 Å². The van der Waals surface area contributed by atoms with E-state index < -0.39 is 0 Å². The third-order valence-corrected chi connectivity index (χ3v) is 2.36. The Kier molecular flexibility index (Phi) is 10.1. The largest absolute Gasteiger partial charge is 0.463 e. The van der Waals surface area contributed by atoms with E-state index in [0.717, 1.165) is 12.8 Å². The molecule has 0 saturated heterocycles. The van der Waals surface area contributed by atoms with Crippen molar-refractivity contribution in [1.82, 2.24) is 0 Å². The molecule has 0 N–H and O–H groups in total. The molecular formula is C13H17IO2. The summed E-state index contributed by atoms with van der Waals surface area (Å²) in [4.78, 5) is 10.3. The third-order valence-electron chi connectivity index (χ3n) is 1.64. The zero-order chi connectivity index (χ0) is 12.2. The van der Waals surface area contributed by atoms with Gasteiger partial charge in [-0.15, -0.1) is 0 Å². The smallest absolute Gasteiger partial charge is 0.330 e. The van der Waals surface area contributed by atoms with Crippen molar-refractivity contribution in [3.8, 4) is 0 Å². The summed E-state index contributed by atoms with van der Waals surface area (Å²) in [7, 11) is 0. The van der Waals surface area contributed by atoms with Crippen molar-refractivity contribution >= 4 is 28.6 Å². The van der Waals surface area contributed by atoms with Crippen molar-refractivity contribution in [2.75, 3.05) is 6.61 Å². The number of rotatable bonds is 4. The van der Waals surface area contributed by atoms with E-state index in [2.05, 4.69) is 46.0 Å². The molecule has 0 radical (unpaired) electrons. The average molecular weight is 332 g/mol. The molecule has 2 nitrogen and oxygen atoms in total.